The van der Waals surface area contributed by atoms with Gasteiger partial charge in [0.1, 0.15) is 0 Å². The monoisotopic (exact) mass is 232 g/mol. The van der Waals surface area contributed by atoms with Crippen molar-refractivity contribution in [1.82, 2.24) is 0 Å². The van der Waals surface area contributed by atoms with Crippen molar-refractivity contribution in [3.8, 4) is 0 Å². The van der Waals surface area contributed by atoms with Gasteiger partial charge in [-0.3, -0.25) is 4.79 Å². The molecule has 1 aromatic carbocycles. The standard InChI is InChI=1S/C12H12N2OS/c1-8-4-2-5-9(13)11(8)14-12(15)10-6-3-7-16-10/h2-7H,13H2,1H3,(H,14,15). The smallest absolute Gasteiger partial charge is 0.265 e. The van der Waals surface area contributed by atoms with E-state index in [1.807, 2.05) is 30.5 Å². The first-order valence-electron chi connectivity index (χ1n) is 4.88. The summed E-state index contributed by atoms with van der Waals surface area (Å²) in [6, 6.07) is 9.19. The lowest BCUT2D eigenvalue weighted by Gasteiger charge is -2.09. The second-order valence-electron chi connectivity index (χ2n) is 3.47. The summed E-state index contributed by atoms with van der Waals surface area (Å²) in [5.74, 6) is -0.115. The summed E-state index contributed by atoms with van der Waals surface area (Å²) in [4.78, 5) is 12.5. The van der Waals surface area contributed by atoms with Crippen molar-refractivity contribution in [3.63, 3.8) is 0 Å². The average molecular weight is 232 g/mol. The fraction of sp³-hybridized carbons (Fsp3) is 0.0833. The first-order chi connectivity index (χ1) is 7.68. The molecule has 16 heavy (non-hydrogen) atoms. The van der Waals surface area contributed by atoms with Crippen LogP contribution in [0.15, 0.2) is 35.7 Å². The molecule has 0 fully saturated rings. The van der Waals surface area contributed by atoms with Crippen LogP contribution in [0.4, 0.5) is 11.4 Å². The van der Waals surface area contributed by atoms with Crippen LogP contribution in [-0.2, 0) is 0 Å². The van der Waals surface area contributed by atoms with E-state index in [2.05, 4.69) is 5.32 Å². The van der Waals surface area contributed by atoms with E-state index in [1.165, 1.54) is 11.3 Å². The Kier molecular flexibility index (Phi) is 2.92. The van der Waals surface area contributed by atoms with Crippen molar-refractivity contribution < 1.29 is 4.79 Å². The minimum Gasteiger partial charge on any atom is -0.397 e. The van der Waals surface area contributed by atoms with Gasteiger partial charge in [0.05, 0.1) is 16.3 Å². The summed E-state index contributed by atoms with van der Waals surface area (Å²) in [7, 11) is 0. The van der Waals surface area contributed by atoms with E-state index in [4.69, 9.17) is 5.73 Å². The van der Waals surface area contributed by atoms with E-state index >= 15 is 0 Å². The fourth-order valence-electron chi connectivity index (χ4n) is 1.44. The molecule has 82 valence electrons. The van der Waals surface area contributed by atoms with Gasteiger partial charge in [0.25, 0.3) is 5.91 Å². The van der Waals surface area contributed by atoms with Gasteiger partial charge in [-0.15, -0.1) is 11.3 Å². The molecule has 0 bridgehead atoms. The van der Waals surface area contributed by atoms with E-state index in [-0.39, 0.29) is 5.91 Å². The quantitative estimate of drug-likeness (QED) is 0.782. The number of benzene rings is 1. The molecule has 0 aliphatic heterocycles. The molecule has 1 aromatic heterocycles. The summed E-state index contributed by atoms with van der Waals surface area (Å²) < 4.78 is 0. The lowest BCUT2D eigenvalue weighted by molar-refractivity contribution is 0.103. The maximum Gasteiger partial charge on any atom is 0.265 e. The van der Waals surface area contributed by atoms with Gasteiger partial charge in [-0.25, -0.2) is 0 Å². The molecule has 0 aliphatic carbocycles. The number of anilines is 2. The lowest BCUT2D eigenvalue weighted by Crippen LogP contribution is -2.12. The van der Waals surface area contributed by atoms with Gasteiger partial charge in [0.2, 0.25) is 0 Å². The van der Waals surface area contributed by atoms with Crippen LogP contribution in [0.3, 0.4) is 0 Å². The molecule has 0 radical (unpaired) electrons. The molecule has 3 nitrogen and oxygen atoms in total. The minimum absolute atomic E-state index is 0.115. The number of nitrogens with one attached hydrogen (secondary N) is 1. The largest absolute Gasteiger partial charge is 0.397 e. The van der Waals surface area contributed by atoms with Crippen LogP contribution in [0, 0.1) is 6.92 Å². The van der Waals surface area contributed by atoms with Crippen molar-refractivity contribution in [2.24, 2.45) is 0 Å². The molecule has 0 unspecified atom stereocenters. The van der Waals surface area contributed by atoms with Crippen molar-refractivity contribution in [2.75, 3.05) is 11.1 Å². The highest BCUT2D eigenvalue weighted by molar-refractivity contribution is 7.12. The fourth-order valence-corrected chi connectivity index (χ4v) is 2.06. The number of carbonyl (C=O) groups excluding carboxylic acids is 1. The van der Waals surface area contributed by atoms with E-state index in [0.717, 1.165) is 5.56 Å². The van der Waals surface area contributed by atoms with Crippen molar-refractivity contribution >= 4 is 28.6 Å². The first kappa shape index (κ1) is 10.7. The molecule has 1 heterocycles. The molecule has 3 N–H and O–H groups in total. The Hall–Kier alpha value is -1.81. The highest BCUT2D eigenvalue weighted by atomic mass is 32.1. The van der Waals surface area contributed by atoms with Crippen molar-refractivity contribution in [1.29, 1.82) is 0 Å². The summed E-state index contributed by atoms with van der Waals surface area (Å²) in [5.41, 5.74) is 8.06. The Morgan fingerprint density at radius 2 is 2.12 bits per heavy atom. The third-order valence-corrected chi connectivity index (χ3v) is 3.16. The van der Waals surface area contributed by atoms with Crippen LogP contribution in [-0.4, -0.2) is 5.91 Å². The summed E-state index contributed by atoms with van der Waals surface area (Å²) in [6.45, 7) is 1.92. The molecule has 1 amide bonds. The van der Waals surface area contributed by atoms with E-state index < -0.39 is 0 Å². The minimum atomic E-state index is -0.115. The molecule has 0 spiro atoms. The molecule has 2 rings (SSSR count). The SMILES string of the molecule is Cc1cccc(N)c1NC(=O)c1cccs1. The first-order valence-corrected chi connectivity index (χ1v) is 5.76. The number of carbonyl (C=O) groups is 1. The maximum absolute atomic E-state index is 11.8. The predicted octanol–water partition coefficient (Wildman–Crippen LogP) is 2.89. The topological polar surface area (TPSA) is 55.1 Å². The maximum atomic E-state index is 11.8. The second-order valence-corrected chi connectivity index (χ2v) is 4.42. The molecular weight excluding hydrogens is 220 g/mol. The average Bonchev–Trinajstić information content (AvgIpc) is 2.76. The van der Waals surface area contributed by atoms with Crippen molar-refractivity contribution in [3.05, 3.63) is 46.2 Å². The van der Waals surface area contributed by atoms with Gasteiger partial charge in [-0.05, 0) is 30.0 Å². The van der Waals surface area contributed by atoms with Gasteiger partial charge < -0.3 is 11.1 Å². The summed E-state index contributed by atoms with van der Waals surface area (Å²) >= 11 is 1.41. The zero-order chi connectivity index (χ0) is 11.5. The van der Waals surface area contributed by atoms with Gasteiger partial charge >= 0.3 is 0 Å². The van der Waals surface area contributed by atoms with Gasteiger partial charge in [-0.1, -0.05) is 18.2 Å². The van der Waals surface area contributed by atoms with E-state index in [0.29, 0.717) is 16.3 Å². The van der Waals surface area contributed by atoms with Crippen LogP contribution in [0.2, 0.25) is 0 Å². The van der Waals surface area contributed by atoms with Gasteiger partial charge in [0.15, 0.2) is 0 Å². The zero-order valence-electron chi connectivity index (χ0n) is 8.86. The third-order valence-electron chi connectivity index (χ3n) is 2.29. The Morgan fingerprint density at radius 1 is 1.31 bits per heavy atom. The number of hydrogen-bond acceptors (Lipinski definition) is 3. The van der Waals surface area contributed by atoms with Gasteiger partial charge in [-0.2, -0.15) is 0 Å². The highest BCUT2D eigenvalue weighted by Crippen LogP contribution is 2.23. The van der Waals surface area contributed by atoms with Crippen LogP contribution < -0.4 is 11.1 Å². The number of amides is 1. The van der Waals surface area contributed by atoms with Crippen LogP contribution in [0.1, 0.15) is 15.2 Å². The van der Waals surface area contributed by atoms with Crippen LogP contribution in [0.25, 0.3) is 0 Å². The number of nitrogen functional groups attached to an aromatic ring is 1. The van der Waals surface area contributed by atoms with Crippen molar-refractivity contribution in [2.45, 2.75) is 6.92 Å². The Bertz CT molecular complexity index is 485. The molecule has 2 aromatic rings. The lowest BCUT2D eigenvalue weighted by atomic mass is 10.1. The van der Waals surface area contributed by atoms with E-state index in [1.54, 1.807) is 12.1 Å². The zero-order valence-corrected chi connectivity index (χ0v) is 9.67. The number of hydrogen-bond donors (Lipinski definition) is 2. The molecule has 0 saturated carbocycles. The third kappa shape index (κ3) is 2.06. The number of nitrogens with two attached hydrogens (primary N) is 1. The number of para-hydroxylation sites is 1. The van der Waals surface area contributed by atoms with Crippen LogP contribution >= 0.6 is 11.3 Å². The molecule has 4 heteroatoms. The highest BCUT2D eigenvalue weighted by Gasteiger charge is 2.10. The van der Waals surface area contributed by atoms with Crippen LogP contribution in [0.5, 0.6) is 0 Å². The Labute approximate surface area is 97.9 Å². The predicted molar refractivity (Wildman–Crippen MR) is 67.9 cm³/mol. The molecule has 0 saturated heterocycles. The van der Waals surface area contributed by atoms with Gasteiger partial charge in [0, 0.05) is 0 Å². The molecule has 0 aliphatic rings. The summed E-state index contributed by atoms with van der Waals surface area (Å²) in [5, 5.41) is 4.70. The molecular formula is C12H12N2OS. The van der Waals surface area contributed by atoms with E-state index in [9.17, 15) is 4.79 Å². The Balaban J connectivity index is 2.25. The normalized spacial score (nSPS) is 10.1. The number of aryl methyl sites for hydroxylation is 1. The Morgan fingerprint density at radius 3 is 2.75 bits per heavy atom. The number of thiophene rings is 1. The molecule has 0 atom stereocenters. The number of rotatable bonds is 2. The summed E-state index contributed by atoms with van der Waals surface area (Å²) in [6.07, 6.45) is 0. The second kappa shape index (κ2) is 4.37.